The summed E-state index contributed by atoms with van der Waals surface area (Å²) in [5.41, 5.74) is 8.07. The number of rotatable bonds is 29. The summed E-state index contributed by atoms with van der Waals surface area (Å²) < 4.78 is 34.2. The van der Waals surface area contributed by atoms with E-state index in [-0.39, 0.29) is 22.2 Å². The largest absolute Gasteiger partial charge is 0.500 e. The standard InChI is InChI=1S/C53H77N3O7S2Si/c1-52(2)36-49(37-53(3,4)56(52)57)55-39-43-20-24-45(25-21-43)48(28-19-41-15-17-44(18-16-41)40-63-33-32-62-31-30-58-5)35-50(65-51(64)47-13-10-9-11-14-47)46-26-22-42(23-27-46)38-54-29-12-34-66(59-6,60-7)61-8/h9-11,13-18,20-27,48-50,54-55,57H,12,19,28-40H2,1-8H3. The fourth-order valence-electron chi connectivity index (χ4n) is 9.05. The molecule has 66 heavy (non-hydrogen) atoms. The first-order valence-corrected chi connectivity index (χ1v) is 26.8. The van der Waals surface area contributed by atoms with Crippen molar-refractivity contribution in [1.82, 2.24) is 15.7 Å². The first-order valence-electron chi connectivity index (χ1n) is 23.5. The van der Waals surface area contributed by atoms with Crippen LogP contribution in [0.4, 0.5) is 0 Å². The van der Waals surface area contributed by atoms with Crippen molar-refractivity contribution < 1.29 is 32.7 Å². The number of thiocarbonyl (C=S) groups is 1. The van der Waals surface area contributed by atoms with E-state index in [9.17, 15) is 5.21 Å². The van der Waals surface area contributed by atoms with E-state index in [2.05, 4.69) is 135 Å². The average molecular weight is 960 g/mol. The lowest BCUT2D eigenvalue weighted by molar-refractivity contribution is -0.246. The predicted molar refractivity (Wildman–Crippen MR) is 275 cm³/mol. The van der Waals surface area contributed by atoms with E-state index in [0.717, 1.165) is 79.5 Å². The molecule has 0 radical (unpaired) electrons. The van der Waals surface area contributed by atoms with Gasteiger partial charge in [-0.15, -0.1) is 11.8 Å². The average Bonchev–Trinajstić information content (AvgIpc) is 3.33. The van der Waals surface area contributed by atoms with Crippen molar-refractivity contribution in [3.05, 3.63) is 142 Å². The SMILES string of the molecule is COCCOCCOCc1ccc(CCC(CC(SC(=S)c2ccccc2)c2ccc(CNCCC[Si](OC)(OC)OC)cc2)c2ccc(CNC3CC(C)(C)N(O)C(C)(C)C3)cc2)cc1. The van der Waals surface area contributed by atoms with Crippen LogP contribution in [0.15, 0.2) is 103 Å². The second kappa shape index (κ2) is 27.4. The summed E-state index contributed by atoms with van der Waals surface area (Å²) in [5, 5.41) is 20.0. The molecule has 0 aliphatic carbocycles. The van der Waals surface area contributed by atoms with Crippen LogP contribution in [0, 0.1) is 0 Å². The molecule has 2 unspecified atom stereocenters. The molecule has 3 N–H and O–H groups in total. The van der Waals surface area contributed by atoms with E-state index in [1.165, 1.54) is 27.8 Å². The van der Waals surface area contributed by atoms with Gasteiger partial charge in [0.2, 0.25) is 0 Å². The Morgan fingerprint density at radius 2 is 1.29 bits per heavy atom. The minimum Gasteiger partial charge on any atom is -0.382 e. The minimum absolute atomic E-state index is 0.142. The van der Waals surface area contributed by atoms with E-state index in [1.54, 1.807) is 45.3 Å². The summed E-state index contributed by atoms with van der Waals surface area (Å²) >= 11 is 7.96. The van der Waals surface area contributed by atoms with E-state index in [4.69, 9.17) is 39.7 Å². The first kappa shape index (κ1) is 54.1. The highest BCUT2D eigenvalue weighted by atomic mass is 32.2. The van der Waals surface area contributed by atoms with E-state index >= 15 is 0 Å². The molecule has 362 valence electrons. The minimum atomic E-state index is -2.58. The van der Waals surface area contributed by atoms with Crippen LogP contribution in [0.3, 0.4) is 0 Å². The lowest BCUT2D eigenvalue weighted by Crippen LogP contribution is -2.62. The fourth-order valence-corrected chi connectivity index (χ4v) is 12.4. The number of piperidine rings is 1. The van der Waals surface area contributed by atoms with Crippen LogP contribution >= 0.6 is 24.0 Å². The Morgan fingerprint density at radius 3 is 1.91 bits per heavy atom. The van der Waals surface area contributed by atoms with Gasteiger partial charge in [0.15, 0.2) is 0 Å². The molecule has 5 rings (SSSR count). The highest BCUT2D eigenvalue weighted by Crippen LogP contribution is 2.42. The van der Waals surface area contributed by atoms with E-state index in [0.29, 0.717) is 39.1 Å². The first-order chi connectivity index (χ1) is 31.8. The molecule has 10 nitrogen and oxygen atoms in total. The van der Waals surface area contributed by atoms with Crippen LogP contribution in [-0.2, 0) is 53.6 Å². The van der Waals surface area contributed by atoms with Crippen LogP contribution in [0.5, 0.6) is 0 Å². The summed E-state index contributed by atoms with van der Waals surface area (Å²) in [4.78, 5) is 0. The van der Waals surface area contributed by atoms with Crippen molar-refractivity contribution in [3.63, 3.8) is 0 Å². The van der Waals surface area contributed by atoms with Crippen LogP contribution in [0.1, 0.15) is 110 Å². The normalized spacial score (nSPS) is 16.3. The third-order valence-electron chi connectivity index (χ3n) is 12.8. The number of nitrogens with zero attached hydrogens (tertiary/aromatic N) is 1. The molecule has 0 saturated carbocycles. The Morgan fingerprint density at radius 1 is 0.727 bits per heavy atom. The monoisotopic (exact) mass is 959 g/mol. The van der Waals surface area contributed by atoms with Crippen LogP contribution in [0.25, 0.3) is 0 Å². The summed E-state index contributed by atoms with van der Waals surface area (Å²) in [6.45, 7) is 13.7. The zero-order valence-corrected chi connectivity index (χ0v) is 43.4. The number of hydrogen-bond acceptors (Lipinski definition) is 12. The molecule has 4 aromatic carbocycles. The highest BCUT2D eigenvalue weighted by molar-refractivity contribution is 8.23. The number of thioether (sulfide) groups is 1. The van der Waals surface area contributed by atoms with Gasteiger partial charge in [0.1, 0.15) is 0 Å². The molecule has 1 aliphatic heterocycles. The predicted octanol–water partition coefficient (Wildman–Crippen LogP) is 10.7. The van der Waals surface area contributed by atoms with E-state index < -0.39 is 8.80 Å². The number of benzene rings is 4. The molecule has 0 amide bonds. The smallest absolute Gasteiger partial charge is 0.382 e. The zero-order chi connectivity index (χ0) is 47.4. The zero-order valence-electron chi connectivity index (χ0n) is 40.8. The van der Waals surface area contributed by atoms with Crippen molar-refractivity contribution in [2.45, 2.75) is 120 Å². The number of nitrogens with one attached hydrogen (secondary N) is 2. The number of hydroxylamine groups is 2. The fraction of sp³-hybridized carbons (Fsp3) is 0.528. The summed E-state index contributed by atoms with van der Waals surface area (Å²) in [6, 6.07) is 38.7. The Balaban J connectivity index is 1.31. The number of hydrogen-bond donors (Lipinski definition) is 3. The summed E-state index contributed by atoms with van der Waals surface area (Å²) in [6.07, 6.45) is 5.54. The van der Waals surface area contributed by atoms with Gasteiger partial charge in [-0.25, -0.2) is 0 Å². The number of aryl methyl sites for hydroxylation is 1. The molecular weight excluding hydrogens is 883 g/mol. The lowest BCUT2D eigenvalue weighted by Gasteiger charge is -2.51. The van der Waals surface area contributed by atoms with Crippen molar-refractivity contribution in [2.75, 3.05) is 61.4 Å². The quantitative estimate of drug-likeness (QED) is 0.0274. The number of methoxy groups -OCH3 is 1. The molecule has 0 spiro atoms. The van der Waals surface area contributed by atoms with Crippen LogP contribution in [0.2, 0.25) is 6.04 Å². The topological polar surface area (TPSA) is 103 Å². The third-order valence-corrected chi connectivity index (χ3v) is 17.3. The summed E-state index contributed by atoms with van der Waals surface area (Å²) in [5.74, 6) is 0.281. The molecule has 1 saturated heterocycles. The van der Waals surface area contributed by atoms with Gasteiger partial charge in [0, 0.05) is 69.9 Å². The molecule has 13 heteroatoms. The van der Waals surface area contributed by atoms with Gasteiger partial charge in [-0.05, 0) is 118 Å². The summed E-state index contributed by atoms with van der Waals surface area (Å²) in [7, 11) is 4.08. The van der Waals surface area contributed by atoms with Crippen molar-refractivity contribution in [3.8, 4) is 0 Å². The third kappa shape index (κ3) is 17.0. The van der Waals surface area contributed by atoms with Gasteiger partial charge < -0.3 is 43.3 Å². The highest BCUT2D eigenvalue weighted by Gasteiger charge is 2.44. The Labute approximate surface area is 407 Å². The van der Waals surface area contributed by atoms with Crippen LogP contribution in [-0.4, -0.2) is 102 Å². The van der Waals surface area contributed by atoms with E-state index in [1.807, 2.05) is 6.07 Å². The van der Waals surface area contributed by atoms with Crippen molar-refractivity contribution in [1.29, 1.82) is 0 Å². The Hall–Kier alpha value is -2.86. The van der Waals surface area contributed by atoms with Crippen molar-refractivity contribution in [2.24, 2.45) is 0 Å². The molecule has 2 atom stereocenters. The maximum absolute atomic E-state index is 10.9. The molecule has 1 fully saturated rings. The van der Waals surface area contributed by atoms with Crippen LogP contribution < -0.4 is 10.6 Å². The van der Waals surface area contributed by atoms with Gasteiger partial charge in [0.05, 0.1) is 37.2 Å². The molecule has 0 bridgehead atoms. The van der Waals surface area contributed by atoms with Gasteiger partial charge in [-0.3, -0.25) is 0 Å². The number of ether oxygens (including phenoxy) is 3. The Kier molecular flexibility index (Phi) is 22.4. The second-order valence-electron chi connectivity index (χ2n) is 18.7. The molecule has 4 aromatic rings. The Bertz CT molecular complexity index is 1960. The van der Waals surface area contributed by atoms with Crippen molar-refractivity contribution >= 4 is 37.0 Å². The van der Waals surface area contributed by atoms with Gasteiger partial charge >= 0.3 is 8.80 Å². The molecule has 0 aromatic heterocycles. The lowest BCUT2D eigenvalue weighted by atomic mass is 9.79. The van der Waals surface area contributed by atoms with Gasteiger partial charge in [-0.2, -0.15) is 5.06 Å². The molecular formula is C53H77N3O7S2Si. The molecule has 1 heterocycles. The second-order valence-corrected chi connectivity index (χ2v) is 23.7. The van der Waals surface area contributed by atoms with Gasteiger partial charge in [0.25, 0.3) is 0 Å². The molecule has 1 aliphatic rings. The van der Waals surface area contributed by atoms with Gasteiger partial charge in [-0.1, -0.05) is 115 Å². The maximum Gasteiger partial charge on any atom is 0.500 e. The maximum atomic E-state index is 10.9.